The van der Waals surface area contributed by atoms with Crippen LogP contribution in [0, 0.1) is 18.2 Å². The molecule has 2 N–H and O–H groups in total. The van der Waals surface area contributed by atoms with Crippen molar-refractivity contribution in [3.05, 3.63) is 123 Å². The average molecular weight is 598 g/mol. The molecule has 0 fully saturated rings. The number of benzene rings is 2. The highest BCUT2D eigenvalue weighted by molar-refractivity contribution is 8.00. The number of hydrogen-bond donors (Lipinski definition) is 2. The van der Waals surface area contributed by atoms with Gasteiger partial charge in [-0.2, -0.15) is 0 Å². The van der Waals surface area contributed by atoms with E-state index in [4.69, 9.17) is 10.4 Å². The molecule has 210 valence electrons. The van der Waals surface area contributed by atoms with Gasteiger partial charge in [0.2, 0.25) is 5.13 Å². The highest BCUT2D eigenvalue weighted by atomic mass is 32.2. The van der Waals surface area contributed by atoms with E-state index in [2.05, 4.69) is 15.5 Å². The Morgan fingerprint density at radius 1 is 1.05 bits per heavy atom. The third kappa shape index (κ3) is 5.46. The van der Waals surface area contributed by atoms with Crippen LogP contribution in [0.15, 0.2) is 88.1 Å². The summed E-state index contributed by atoms with van der Waals surface area (Å²) in [6.45, 7) is 2.21. The lowest BCUT2D eigenvalue weighted by atomic mass is 10.1. The van der Waals surface area contributed by atoms with Gasteiger partial charge < -0.3 is 4.57 Å². The molecule has 6 rings (SSSR count). The molecule has 0 radical (unpaired) electrons. The molecule has 0 aliphatic rings. The lowest BCUT2D eigenvalue weighted by molar-refractivity contribution is 0.102. The summed E-state index contributed by atoms with van der Waals surface area (Å²) in [5.74, 6) is -0.523. The molecule has 4 heterocycles. The number of hydrogen-bond acceptors (Lipinski definition) is 8. The van der Waals surface area contributed by atoms with E-state index in [-0.39, 0.29) is 32.9 Å². The van der Waals surface area contributed by atoms with E-state index in [9.17, 15) is 14.0 Å². The minimum atomic E-state index is -0.592. The number of carbonyl (C=O) groups is 1. The van der Waals surface area contributed by atoms with Gasteiger partial charge in [-0.1, -0.05) is 77.7 Å². The van der Waals surface area contributed by atoms with Crippen molar-refractivity contribution in [2.45, 2.75) is 30.0 Å². The van der Waals surface area contributed by atoms with Crippen LogP contribution in [-0.4, -0.2) is 30.1 Å². The second-order valence-corrected chi connectivity index (χ2v) is 11.7. The van der Waals surface area contributed by atoms with E-state index in [0.717, 1.165) is 22.5 Å². The summed E-state index contributed by atoms with van der Waals surface area (Å²) in [4.78, 5) is 31.8. The van der Waals surface area contributed by atoms with Crippen molar-refractivity contribution < 1.29 is 9.18 Å². The summed E-state index contributed by atoms with van der Waals surface area (Å²) < 4.78 is 17.6. The first-order valence-corrected chi connectivity index (χ1v) is 14.8. The highest BCUT2D eigenvalue weighted by Gasteiger charge is 2.19. The molecule has 0 saturated carbocycles. The van der Waals surface area contributed by atoms with E-state index in [1.165, 1.54) is 28.3 Å². The number of thioether (sulfide) groups is 1. The zero-order chi connectivity index (χ0) is 29.2. The average Bonchev–Trinajstić information content (AvgIpc) is 3.44. The SMILES string of the molecule is Cc1cccn2c(=O)c3cc(C(=O)Nc4nnc(SCc5ccccc5F)s4)c(=N)n(CCc4ccccc4)c3nc12. The van der Waals surface area contributed by atoms with Crippen molar-refractivity contribution >= 4 is 50.8 Å². The van der Waals surface area contributed by atoms with Crippen molar-refractivity contribution in [2.24, 2.45) is 0 Å². The van der Waals surface area contributed by atoms with E-state index >= 15 is 0 Å². The molecule has 9 nitrogen and oxygen atoms in total. The van der Waals surface area contributed by atoms with Crippen LogP contribution in [0.2, 0.25) is 0 Å². The van der Waals surface area contributed by atoms with Crippen molar-refractivity contribution in [3.63, 3.8) is 0 Å². The standard InChI is InChI=1S/C30H24FN7O2S2/c1-18-8-7-14-38-25(18)33-26-22(28(38)40)16-21(24(32)37(26)15-13-19-9-3-2-4-10-19)27(39)34-29-35-36-30(42-29)41-17-20-11-5-6-12-23(20)31/h2-12,14,16,32H,13,15,17H2,1H3,(H,34,35,39). The van der Waals surface area contributed by atoms with Crippen LogP contribution in [0.1, 0.15) is 27.0 Å². The van der Waals surface area contributed by atoms with Gasteiger partial charge in [0.1, 0.15) is 22.6 Å². The third-order valence-electron chi connectivity index (χ3n) is 6.78. The van der Waals surface area contributed by atoms with Gasteiger partial charge >= 0.3 is 0 Å². The maximum atomic E-state index is 14.0. The topological polar surface area (TPSA) is 118 Å². The number of fused-ring (bicyclic) bond motifs is 2. The highest BCUT2D eigenvalue weighted by Crippen LogP contribution is 2.29. The second-order valence-electron chi connectivity index (χ2n) is 9.54. The number of anilines is 1. The smallest absolute Gasteiger partial charge is 0.267 e. The fourth-order valence-electron chi connectivity index (χ4n) is 4.61. The molecular formula is C30H24FN7O2S2. The maximum Gasteiger partial charge on any atom is 0.267 e. The number of halogens is 1. The van der Waals surface area contributed by atoms with Gasteiger partial charge in [-0.3, -0.25) is 24.7 Å². The molecule has 42 heavy (non-hydrogen) atoms. The van der Waals surface area contributed by atoms with Crippen LogP contribution in [0.3, 0.4) is 0 Å². The molecule has 1 amide bonds. The van der Waals surface area contributed by atoms with Gasteiger partial charge in [0.05, 0.1) is 10.9 Å². The van der Waals surface area contributed by atoms with Gasteiger partial charge in [-0.25, -0.2) is 9.37 Å². The van der Waals surface area contributed by atoms with Crippen LogP contribution < -0.4 is 16.4 Å². The van der Waals surface area contributed by atoms with E-state index < -0.39 is 5.91 Å². The van der Waals surface area contributed by atoms with E-state index in [0.29, 0.717) is 39.9 Å². The Hall–Kier alpha value is -4.68. The fraction of sp³-hybridized carbons (Fsp3) is 0.133. The summed E-state index contributed by atoms with van der Waals surface area (Å²) in [5, 5.41) is 20.3. The first-order chi connectivity index (χ1) is 20.4. The number of carbonyl (C=O) groups excluding carboxylic acids is 1. The predicted octanol–water partition coefficient (Wildman–Crippen LogP) is 5.21. The molecule has 6 aromatic rings. The lowest BCUT2D eigenvalue weighted by Gasteiger charge is -2.15. The molecule has 0 spiro atoms. The minimum Gasteiger partial charge on any atom is -0.310 e. The number of aromatic nitrogens is 5. The third-order valence-corrected chi connectivity index (χ3v) is 8.80. The number of aryl methyl sites for hydroxylation is 3. The zero-order valence-electron chi connectivity index (χ0n) is 22.4. The largest absolute Gasteiger partial charge is 0.310 e. The summed E-state index contributed by atoms with van der Waals surface area (Å²) >= 11 is 2.46. The fourth-order valence-corrected chi connectivity index (χ4v) is 6.34. The summed E-state index contributed by atoms with van der Waals surface area (Å²) in [6, 6.07) is 21.4. The maximum absolute atomic E-state index is 14.0. The molecule has 0 aliphatic carbocycles. The predicted molar refractivity (Wildman–Crippen MR) is 162 cm³/mol. The van der Waals surface area contributed by atoms with Gasteiger partial charge in [0.15, 0.2) is 4.34 Å². The lowest BCUT2D eigenvalue weighted by Crippen LogP contribution is -2.32. The first-order valence-electron chi connectivity index (χ1n) is 13.0. The molecule has 0 aliphatic heterocycles. The van der Waals surface area contributed by atoms with Gasteiger partial charge in [0.25, 0.3) is 11.5 Å². The molecule has 0 bridgehead atoms. The number of rotatable bonds is 8. The minimum absolute atomic E-state index is 0.0119. The normalized spacial score (nSPS) is 11.3. The van der Waals surface area contributed by atoms with Crippen LogP contribution in [0.4, 0.5) is 9.52 Å². The van der Waals surface area contributed by atoms with Crippen molar-refractivity contribution in [3.8, 4) is 0 Å². The van der Waals surface area contributed by atoms with Gasteiger partial charge in [-0.05, 0) is 48.2 Å². The first kappa shape index (κ1) is 27.5. The number of amides is 1. The molecule has 4 aromatic heterocycles. The quantitative estimate of drug-likeness (QED) is 0.141. The number of pyridine rings is 2. The Morgan fingerprint density at radius 3 is 2.64 bits per heavy atom. The summed E-state index contributed by atoms with van der Waals surface area (Å²) in [7, 11) is 0. The Bertz CT molecular complexity index is 2070. The van der Waals surface area contributed by atoms with Crippen molar-refractivity contribution in [1.29, 1.82) is 5.41 Å². The van der Waals surface area contributed by atoms with Gasteiger partial charge in [0, 0.05) is 18.5 Å². The molecule has 0 atom stereocenters. The molecule has 12 heteroatoms. The number of nitrogens with zero attached hydrogens (tertiary/aromatic N) is 5. The van der Waals surface area contributed by atoms with Gasteiger partial charge in [-0.15, -0.1) is 10.2 Å². The Labute approximate surface area is 247 Å². The molecule has 0 saturated heterocycles. The molecule has 2 aromatic carbocycles. The van der Waals surface area contributed by atoms with Crippen LogP contribution in [0.25, 0.3) is 16.7 Å². The summed E-state index contributed by atoms with van der Waals surface area (Å²) in [6.07, 6.45) is 2.22. The Kier molecular flexibility index (Phi) is 7.64. The van der Waals surface area contributed by atoms with Crippen LogP contribution in [-0.2, 0) is 18.7 Å². The second kappa shape index (κ2) is 11.7. The van der Waals surface area contributed by atoms with Crippen LogP contribution >= 0.6 is 23.1 Å². The molecule has 0 unspecified atom stereocenters. The summed E-state index contributed by atoms with van der Waals surface area (Å²) in [5.41, 5.74) is 2.86. The van der Waals surface area contributed by atoms with E-state index in [1.807, 2.05) is 43.3 Å². The Morgan fingerprint density at radius 2 is 1.83 bits per heavy atom. The van der Waals surface area contributed by atoms with E-state index in [1.54, 1.807) is 35.0 Å². The monoisotopic (exact) mass is 597 g/mol. The Balaban J connectivity index is 1.35. The van der Waals surface area contributed by atoms with Crippen molar-refractivity contribution in [1.82, 2.24) is 24.1 Å². The number of nitrogens with one attached hydrogen (secondary N) is 2. The van der Waals surface area contributed by atoms with Crippen molar-refractivity contribution in [2.75, 3.05) is 5.32 Å². The van der Waals surface area contributed by atoms with Crippen LogP contribution in [0.5, 0.6) is 0 Å². The zero-order valence-corrected chi connectivity index (χ0v) is 24.0. The molecular weight excluding hydrogens is 574 g/mol.